The van der Waals surface area contributed by atoms with E-state index in [1.165, 1.54) is 16.7 Å². The molecule has 0 heterocycles. The van der Waals surface area contributed by atoms with E-state index in [1.807, 2.05) is 0 Å². The maximum atomic E-state index is 3.44. The second-order valence-electron chi connectivity index (χ2n) is 3.67. The average Bonchev–Trinajstić information content (AvgIpc) is 2.16. The summed E-state index contributed by atoms with van der Waals surface area (Å²) in [5, 5.41) is 0. The van der Waals surface area contributed by atoms with Gasteiger partial charge in [0, 0.05) is 0 Å². The van der Waals surface area contributed by atoms with Crippen molar-refractivity contribution >= 4 is 39.2 Å². The summed E-state index contributed by atoms with van der Waals surface area (Å²) in [4.78, 5) is 0. The van der Waals surface area contributed by atoms with Crippen LogP contribution < -0.4 is 0 Å². The first-order valence-corrected chi connectivity index (χ1v) is 17.6. The molecular formula is C10H15I2Ir. The van der Waals surface area contributed by atoms with Crippen LogP contribution in [0.4, 0.5) is 0 Å². The number of hydrogen-bond donors (Lipinski definition) is 0. The summed E-state index contributed by atoms with van der Waals surface area (Å²) in [6.07, 6.45) is 3.44. The van der Waals surface area contributed by atoms with Crippen molar-refractivity contribution in [3.8, 4) is 0 Å². The molecule has 0 atom stereocenters. The second-order valence-corrected chi connectivity index (χ2v) is 21.2. The van der Waals surface area contributed by atoms with Crippen LogP contribution in [0.25, 0.3) is 0 Å². The Balaban J connectivity index is 0.000000424. The minimum absolute atomic E-state index is 0.189. The Morgan fingerprint density at radius 3 is 1.62 bits per heavy atom. The third kappa shape index (κ3) is 4.31. The van der Waals surface area contributed by atoms with E-state index in [0.29, 0.717) is 10.5 Å². The molecule has 0 saturated carbocycles. The summed E-state index contributed by atoms with van der Waals surface area (Å²) >= 11 is 4.80. The third-order valence-electron chi connectivity index (χ3n) is 2.56. The van der Waals surface area contributed by atoms with Gasteiger partial charge in [0.1, 0.15) is 0 Å². The van der Waals surface area contributed by atoms with E-state index in [1.54, 1.807) is 0 Å². The van der Waals surface area contributed by atoms with Crippen molar-refractivity contribution < 1.29 is 10.5 Å². The molecule has 1 aliphatic rings. The van der Waals surface area contributed by atoms with Crippen molar-refractivity contribution in [2.45, 2.75) is 34.6 Å². The average molecular weight is 581 g/mol. The normalized spacial score (nSPS) is 19.8. The molecule has 0 nitrogen and oxygen atoms in total. The molecule has 1 aliphatic carbocycles. The van der Waals surface area contributed by atoms with Gasteiger partial charge in [-0.1, -0.05) is 33.1 Å². The molecule has 0 radical (unpaired) electrons. The van der Waals surface area contributed by atoms with Gasteiger partial charge in [0.25, 0.3) is 0 Å². The van der Waals surface area contributed by atoms with Crippen LogP contribution in [0.1, 0.15) is 34.6 Å². The molecule has 0 aliphatic heterocycles. The molecule has 3 heteroatoms. The van der Waals surface area contributed by atoms with Crippen molar-refractivity contribution in [2.75, 3.05) is 0 Å². The van der Waals surface area contributed by atoms with Crippen molar-refractivity contribution in [2.24, 2.45) is 5.41 Å². The van der Waals surface area contributed by atoms with Crippen LogP contribution in [0.2, 0.25) is 0 Å². The molecule has 0 aromatic rings. The van der Waals surface area contributed by atoms with Gasteiger partial charge < -0.3 is 0 Å². The van der Waals surface area contributed by atoms with Gasteiger partial charge in [-0.05, 0) is 0 Å². The van der Waals surface area contributed by atoms with Crippen molar-refractivity contribution in [3.05, 3.63) is 22.8 Å². The molecule has 0 spiro atoms. The summed E-state index contributed by atoms with van der Waals surface area (Å²) in [7, 11) is 0.440. The van der Waals surface area contributed by atoms with Crippen LogP contribution in [0, 0.1) is 11.5 Å². The zero-order valence-electron chi connectivity index (χ0n) is 8.59. The number of rotatable bonds is 0. The van der Waals surface area contributed by atoms with E-state index in [2.05, 4.69) is 79.9 Å². The second kappa shape index (κ2) is 6.23. The van der Waals surface area contributed by atoms with E-state index in [0.717, 1.165) is 0 Å². The van der Waals surface area contributed by atoms with Crippen LogP contribution in [-0.2, 0) is 10.5 Å². The summed E-state index contributed by atoms with van der Waals surface area (Å²) < 4.78 is 0. The van der Waals surface area contributed by atoms with Crippen molar-refractivity contribution in [3.63, 3.8) is 0 Å². The topological polar surface area (TPSA) is 0 Å². The fraction of sp³-hybridized carbons (Fsp3) is 0.600. The Morgan fingerprint density at radius 1 is 1.15 bits per heavy atom. The molecule has 0 amide bonds. The zero-order chi connectivity index (χ0) is 10.6. The minimum atomic E-state index is 0.189. The van der Waals surface area contributed by atoms with Gasteiger partial charge in [-0.2, -0.15) is 11.1 Å². The van der Waals surface area contributed by atoms with Crippen LogP contribution in [0.3, 0.4) is 0 Å². The van der Waals surface area contributed by atoms with Crippen molar-refractivity contribution in [1.29, 1.82) is 0 Å². The predicted octanol–water partition coefficient (Wildman–Crippen LogP) is 4.88. The Bertz CT molecular complexity index is 239. The van der Waals surface area contributed by atoms with Gasteiger partial charge in [0.2, 0.25) is 0 Å². The quantitative estimate of drug-likeness (QED) is 0.283. The maximum absolute atomic E-state index is 3.44. The number of allylic oxidation sites excluding steroid dienone is 4. The van der Waals surface area contributed by atoms with E-state index >= 15 is 0 Å². The summed E-state index contributed by atoms with van der Waals surface area (Å²) in [5.74, 6) is 0. The van der Waals surface area contributed by atoms with Crippen molar-refractivity contribution in [1.82, 2.24) is 0 Å². The van der Waals surface area contributed by atoms with Gasteiger partial charge in [-0.3, -0.25) is 6.08 Å². The number of halogens is 2. The van der Waals surface area contributed by atoms with Crippen LogP contribution in [0.15, 0.2) is 16.7 Å². The Kier molecular flexibility index (Phi) is 6.99. The molecular weight excluding hydrogens is 566 g/mol. The summed E-state index contributed by atoms with van der Waals surface area (Å²) in [6, 6.07) is 0. The van der Waals surface area contributed by atoms with Gasteiger partial charge >= 0.3 is 49.7 Å². The third-order valence-corrected chi connectivity index (χ3v) is 2.56. The molecule has 0 bridgehead atoms. The van der Waals surface area contributed by atoms with E-state index in [-0.39, 0.29) is 5.41 Å². The van der Waals surface area contributed by atoms with Crippen LogP contribution in [0.5, 0.6) is 0 Å². The fourth-order valence-corrected chi connectivity index (χ4v) is 1.41. The molecule has 1 rings (SSSR count). The zero-order valence-corrected chi connectivity index (χ0v) is 15.3. The monoisotopic (exact) mass is 582 g/mol. The Hall–Kier alpha value is 1.59. The molecule has 0 N–H and O–H groups in total. The van der Waals surface area contributed by atoms with E-state index in [9.17, 15) is 0 Å². The molecule has 0 saturated heterocycles. The summed E-state index contributed by atoms with van der Waals surface area (Å²) in [5.41, 5.74) is 4.39. The SMILES string of the molecule is CC1=[C-]C(C)(C)C(C)=C1C.[I][Ir+][I]. The van der Waals surface area contributed by atoms with Gasteiger partial charge in [0.15, 0.2) is 0 Å². The molecule has 78 valence electrons. The summed E-state index contributed by atoms with van der Waals surface area (Å²) in [6.45, 7) is 10.9. The number of hydrogen-bond acceptors (Lipinski definition) is 0. The molecule has 0 unspecified atom stereocenters. The Labute approximate surface area is 111 Å². The van der Waals surface area contributed by atoms with E-state index in [4.69, 9.17) is 0 Å². The van der Waals surface area contributed by atoms with Crippen LogP contribution >= 0.6 is 39.2 Å². The van der Waals surface area contributed by atoms with Gasteiger partial charge in [-0.25, -0.2) is 5.57 Å². The molecule has 13 heavy (non-hydrogen) atoms. The molecule has 0 aromatic heterocycles. The first-order chi connectivity index (χ1) is 5.86. The van der Waals surface area contributed by atoms with E-state index < -0.39 is 0 Å². The van der Waals surface area contributed by atoms with Gasteiger partial charge in [0.05, 0.1) is 0 Å². The van der Waals surface area contributed by atoms with Crippen LogP contribution in [-0.4, -0.2) is 0 Å². The Morgan fingerprint density at radius 2 is 1.54 bits per heavy atom. The first kappa shape index (κ1) is 14.6. The molecule has 0 aromatic carbocycles. The fourth-order valence-electron chi connectivity index (χ4n) is 1.41. The first-order valence-electron chi connectivity index (χ1n) is 4.00. The standard InChI is InChI=1S/C10H15.2HI.Ir/c1-7-6-10(4,5)9(3)8(7)2;;;/h1-5H3;2*1H;/q-1;;;+3/p-2. The van der Waals surface area contributed by atoms with Gasteiger partial charge in [-0.15, -0.1) is 6.92 Å². The predicted molar refractivity (Wildman–Crippen MR) is 72.6 cm³/mol. The molecule has 0 fully saturated rings.